The molecule has 0 fully saturated rings. The van der Waals surface area contributed by atoms with E-state index in [-0.39, 0.29) is 31.0 Å². The first kappa shape index (κ1) is 24.8. The van der Waals surface area contributed by atoms with Crippen molar-refractivity contribution in [3.8, 4) is 22.8 Å². The lowest BCUT2D eigenvalue weighted by molar-refractivity contribution is 0.0937. The standard InChI is InChI=1S/C27H26FNO5S/c1-33-26-15-17(9-12-25(26)34-14-4-13-30)23(31)10-11-24(32)22-8-3-7-21(29-22)19-16-35-27-18(19)5-2-6-20(27)28/h2-3,5-9,12,15-16,24,30,32H,4,10-11,13-14H2,1H3. The van der Waals surface area contributed by atoms with E-state index in [1.165, 1.54) is 24.5 Å². The third-order valence-corrected chi connectivity index (χ3v) is 6.63. The Labute approximate surface area is 206 Å². The van der Waals surface area contributed by atoms with Crippen LogP contribution < -0.4 is 9.47 Å². The minimum absolute atomic E-state index is 0.0291. The first-order valence-electron chi connectivity index (χ1n) is 11.3. The lowest BCUT2D eigenvalue weighted by atomic mass is 10.0. The third kappa shape index (κ3) is 5.67. The van der Waals surface area contributed by atoms with Gasteiger partial charge in [0.15, 0.2) is 17.3 Å². The van der Waals surface area contributed by atoms with Gasteiger partial charge in [-0.15, -0.1) is 11.3 Å². The van der Waals surface area contributed by atoms with Crippen molar-refractivity contribution in [1.82, 2.24) is 4.98 Å². The molecular weight excluding hydrogens is 469 g/mol. The number of aliphatic hydroxyl groups excluding tert-OH is 2. The largest absolute Gasteiger partial charge is 0.493 e. The summed E-state index contributed by atoms with van der Waals surface area (Å²) in [5, 5.41) is 22.3. The van der Waals surface area contributed by atoms with Gasteiger partial charge in [-0.1, -0.05) is 18.2 Å². The Morgan fingerprint density at radius 2 is 1.97 bits per heavy atom. The molecule has 35 heavy (non-hydrogen) atoms. The van der Waals surface area contributed by atoms with Gasteiger partial charge >= 0.3 is 0 Å². The summed E-state index contributed by atoms with van der Waals surface area (Å²) in [5.74, 6) is 0.525. The molecule has 2 N–H and O–H groups in total. The summed E-state index contributed by atoms with van der Waals surface area (Å²) in [4.78, 5) is 17.3. The molecule has 4 rings (SSSR count). The summed E-state index contributed by atoms with van der Waals surface area (Å²) in [6, 6.07) is 15.2. The van der Waals surface area contributed by atoms with E-state index in [1.807, 2.05) is 17.5 Å². The van der Waals surface area contributed by atoms with E-state index < -0.39 is 6.10 Å². The van der Waals surface area contributed by atoms with Gasteiger partial charge in [-0.05, 0) is 42.8 Å². The summed E-state index contributed by atoms with van der Waals surface area (Å²) >= 11 is 1.32. The van der Waals surface area contributed by atoms with E-state index in [4.69, 9.17) is 14.6 Å². The molecule has 6 nitrogen and oxygen atoms in total. The number of fused-ring (bicyclic) bond motifs is 1. The molecule has 182 valence electrons. The van der Waals surface area contributed by atoms with Gasteiger partial charge in [0.25, 0.3) is 0 Å². The van der Waals surface area contributed by atoms with E-state index in [9.17, 15) is 14.3 Å². The van der Waals surface area contributed by atoms with Gasteiger partial charge < -0.3 is 19.7 Å². The van der Waals surface area contributed by atoms with Crippen LogP contribution in [-0.4, -0.2) is 41.3 Å². The number of aliphatic hydroxyl groups is 2. The van der Waals surface area contributed by atoms with E-state index in [0.717, 1.165) is 10.9 Å². The van der Waals surface area contributed by atoms with Crippen LogP contribution in [-0.2, 0) is 0 Å². The molecule has 2 aromatic carbocycles. The van der Waals surface area contributed by atoms with Crippen molar-refractivity contribution in [2.45, 2.75) is 25.4 Å². The van der Waals surface area contributed by atoms with Gasteiger partial charge in [-0.25, -0.2) is 4.39 Å². The minimum Gasteiger partial charge on any atom is -0.493 e. The number of methoxy groups -OCH3 is 1. The number of Topliss-reactive ketones (excluding diaryl/α,β-unsaturated/α-hetero) is 1. The molecule has 4 aromatic rings. The lowest BCUT2D eigenvalue weighted by Crippen LogP contribution is -2.07. The number of aromatic nitrogens is 1. The number of hydrogen-bond acceptors (Lipinski definition) is 7. The molecule has 2 heterocycles. The molecule has 8 heteroatoms. The highest BCUT2D eigenvalue weighted by atomic mass is 32.1. The average molecular weight is 496 g/mol. The predicted molar refractivity (Wildman–Crippen MR) is 134 cm³/mol. The normalized spacial score (nSPS) is 12.0. The fourth-order valence-corrected chi connectivity index (χ4v) is 4.74. The quantitative estimate of drug-likeness (QED) is 0.209. The second kappa shape index (κ2) is 11.4. The highest BCUT2D eigenvalue weighted by Gasteiger charge is 2.17. The molecule has 1 atom stereocenters. The number of rotatable bonds is 11. The summed E-state index contributed by atoms with van der Waals surface area (Å²) in [6.45, 7) is 0.371. The molecule has 2 aromatic heterocycles. The second-order valence-corrected chi connectivity index (χ2v) is 8.86. The highest BCUT2D eigenvalue weighted by Crippen LogP contribution is 2.35. The summed E-state index contributed by atoms with van der Waals surface area (Å²) < 4.78 is 25.5. The SMILES string of the molecule is COc1cc(C(=O)CCC(O)c2cccc(-c3csc4c(F)cccc34)n2)ccc1OCCCO. The first-order chi connectivity index (χ1) is 17.0. The van der Waals surface area contributed by atoms with Crippen LogP contribution in [0.4, 0.5) is 4.39 Å². The zero-order chi connectivity index (χ0) is 24.8. The van der Waals surface area contributed by atoms with Crippen LogP contribution in [0.3, 0.4) is 0 Å². The van der Waals surface area contributed by atoms with E-state index in [0.29, 0.717) is 46.2 Å². The van der Waals surface area contributed by atoms with Gasteiger partial charge in [0, 0.05) is 41.3 Å². The average Bonchev–Trinajstić information content (AvgIpc) is 3.33. The Bertz CT molecular complexity index is 1320. The third-order valence-electron chi connectivity index (χ3n) is 5.63. The molecule has 1 unspecified atom stereocenters. The first-order valence-corrected chi connectivity index (χ1v) is 12.2. The summed E-state index contributed by atoms with van der Waals surface area (Å²) in [6.07, 6.45) is -0.112. The Hall–Kier alpha value is -3.33. The number of halogens is 1. The number of hydrogen-bond donors (Lipinski definition) is 2. The molecule has 0 aliphatic carbocycles. The van der Waals surface area contributed by atoms with E-state index in [2.05, 4.69) is 4.98 Å². The molecule has 0 bridgehead atoms. The zero-order valence-corrected chi connectivity index (χ0v) is 20.1. The van der Waals surface area contributed by atoms with Crippen molar-refractivity contribution in [2.75, 3.05) is 20.3 Å². The van der Waals surface area contributed by atoms with Crippen LogP contribution >= 0.6 is 11.3 Å². The topological polar surface area (TPSA) is 88.9 Å². The fourth-order valence-electron chi connectivity index (χ4n) is 3.77. The molecular formula is C27H26FNO5S. The van der Waals surface area contributed by atoms with Crippen molar-refractivity contribution in [3.05, 3.63) is 77.1 Å². The molecule has 0 spiro atoms. The molecule has 0 aliphatic heterocycles. The monoisotopic (exact) mass is 495 g/mol. The number of ether oxygens (including phenoxy) is 2. The predicted octanol–water partition coefficient (Wildman–Crippen LogP) is 5.57. The summed E-state index contributed by atoms with van der Waals surface area (Å²) in [7, 11) is 1.50. The van der Waals surface area contributed by atoms with Gasteiger partial charge in [0.2, 0.25) is 0 Å². The van der Waals surface area contributed by atoms with Crippen molar-refractivity contribution in [2.24, 2.45) is 0 Å². The number of carbonyl (C=O) groups is 1. The summed E-state index contributed by atoms with van der Waals surface area (Å²) in [5.41, 5.74) is 2.36. The Balaban J connectivity index is 1.44. The number of carbonyl (C=O) groups excluding carboxylic acids is 1. The highest BCUT2D eigenvalue weighted by molar-refractivity contribution is 7.17. The Kier molecular flexibility index (Phi) is 8.07. The van der Waals surface area contributed by atoms with Crippen LogP contribution in [0.5, 0.6) is 11.5 Å². The maximum atomic E-state index is 14.1. The van der Waals surface area contributed by atoms with Crippen molar-refractivity contribution < 1.29 is 28.9 Å². The number of ketones is 1. The van der Waals surface area contributed by atoms with Crippen LogP contribution in [0.15, 0.2) is 60.0 Å². The van der Waals surface area contributed by atoms with Crippen LogP contribution in [0.2, 0.25) is 0 Å². The molecule has 0 radical (unpaired) electrons. The lowest BCUT2D eigenvalue weighted by Gasteiger charge is -2.13. The molecule has 0 saturated heterocycles. The zero-order valence-electron chi connectivity index (χ0n) is 19.2. The maximum Gasteiger partial charge on any atom is 0.163 e. The number of pyridine rings is 1. The van der Waals surface area contributed by atoms with Gasteiger partial charge in [-0.3, -0.25) is 9.78 Å². The van der Waals surface area contributed by atoms with Gasteiger partial charge in [0.1, 0.15) is 5.82 Å². The number of benzene rings is 2. The Morgan fingerprint density at radius 3 is 2.77 bits per heavy atom. The maximum absolute atomic E-state index is 14.1. The van der Waals surface area contributed by atoms with Crippen LogP contribution in [0.25, 0.3) is 21.3 Å². The van der Waals surface area contributed by atoms with E-state index >= 15 is 0 Å². The number of nitrogens with zero attached hydrogens (tertiary/aromatic N) is 1. The van der Waals surface area contributed by atoms with Crippen molar-refractivity contribution in [3.63, 3.8) is 0 Å². The van der Waals surface area contributed by atoms with E-state index in [1.54, 1.807) is 36.4 Å². The van der Waals surface area contributed by atoms with Crippen LogP contribution in [0.1, 0.15) is 41.4 Å². The van der Waals surface area contributed by atoms with Crippen LogP contribution in [0, 0.1) is 5.82 Å². The minimum atomic E-state index is -0.927. The molecule has 0 aliphatic rings. The molecule has 0 amide bonds. The molecule has 0 saturated carbocycles. The van der Waals surface area contributed by atoms with Gasteiger partial charge in [-0.2, -0.15) is 0 Å². The Morgan fingerprint density at radius 1 is 1.14 bits per heavy atom. The van der Waals surface area contributed by atoms with Gasteiger partial charge in [0.05, 0.1) is 35.9 Å². The van der Waals surface area contributed by atoms with Crippen molar-refractivity contribution >= 4 is 27.2 Å². The van der Waals surface area contributed by atoms with Crippen molar-refractivity contribution in [1.29, 1.82) is 0 Å². The number of thiophene rings is 1. The fraction of sp³-hybridized carbons (Fsp3) is 0.259. The second-order valence-electron chi connectivity index (χ2n) is 7.98. The smallest absolute Gasteiger partial charge is 0.163 e.